The van der Waals surface area contributed by atoms with Gasteiger partial charge in [-0.1, -0.05) is 5.16 Å². The molecule has 1 saturated heterocycles. The van der Waals surface area contributed by atoms with Gasteiger partial charge in [0.2, 0.25) is 5.89 Å². The molecular weight excluding hydrogens is 304 g/mol. The third-order valence-corrected chi connectivity index (χ3v) is 4.77. The summed E-state index contributed by atoms with van der Waals surface area (Å²) in [4.78, 5) is 13.6. The van der Waals surface area contributed by atoms with Crippen molar-refractivity contribution in [1.29, 1.82) is 5.26 Å². The number of hydrogen-bond donors (Lipinski definition) is 0. The van der Waals surface area contributed by atoms with Crippen LogP contribution >= 0.6 is 0 Å². The molecule has 0 N–H and O–H groups in total. The van der Waals surface area contributed by atoms with Gasteiger partial charge in [0, 0.05) is 31.2 Å². The molecule has 2 aromatic heterocycles. The van der Waals surface area contributed by atoms with Crippen LogP contribution in [0.4, 0.5) is 5.82 Å². The minimum absolute atomic E-state index is 0.0209. The largest absolute Gasteiger partial charge is 0.352 e. The van der Waals surface area contributed by atoms with Crippen molar-refractivity contribution >= 4 is 5.82 Å². The second kappa shape index (κ2) is 5.87. The standard InChI is InChI=1S/C17H20N6O/c1-11-3-4-13(9-18)16(19-11)23-8-7-22(2)14(10-23)17-20-15(21-24-17)12-5-6-12/h3-4,12,14H,5-8,10H2,1-2H3. The lowest BCUT2D eigenvalue weighted by atomic mass is 10.1. The second-order valence-electron chi connectivity index (χ2n) is 6.64. The van der Waals surface area contributed by atoms with Crippen LogP contribution in [0.2, 0.25) is 0 Å². The van der Waals surface area contributed by atoms with Crippen LogP contribution in [-0.2, 0) is 0 Å². The first-order valence-electron chi connectivity index (χ1n) is 8.32. The van der Waals surface area contributed by atoms with Crippen molar-refractivity contribution in [3.05, 3.63) is 35.1 Å². The lowest BCUT2D eigenvalue weighted by Gasteiger charge is -2.38. The molecule has 0 spiro atoms. The fourth-order valence-electron chi connectivity index (χ4n) is 3.09. The number of likely N-dealkylation sites (N-methyl/N-ethyl adjacent to an activating group) is 1. The Morgan fingerprint density at radius 2 is 2.08 bits per heavy atom. The van der Waals surface area contributed by atoms with E-state index in [1.54, 1.807) is 0 Å². The molecular formula is C17H20N6O. The molecule has 2 aromatic rings. The minimum atomic E-state index is 0.0209. The minimum Gasteiger partial charge on any atom is -0.352 e. The lowest BCUT2D eigenvalue weighted by molar-refractivity contribution is 0.177. The second-order valence-corrected chi connectivity index (χ2v) is 6.64. The molecule has 3 heterocycles. The maximum absolute atomic E-state index is 9.38. The summed E-state index contributed by atoms with van der Waals surface area (Å²) in [6, 6.07) is 5.97. The van der Waals surface area contributed by atoms with Crippen LogP contribution in [0.5, 0.6) is 0 Å². The number of nitriles is 1. The molecule has 4 rings (SSSR count). The maximum Gasteiger partial charge on any atom is 0.245 e. The number of aryl methyl sites for hydroxylation is 1. The number of aromatic nitrogens is 3. The third-order valence-electron chi connectivity index (χ3n) is 4.77. The van der Waals surface area contributed by atoms with Gasteiger partial charge in [-0.3, -0.25) is 4.90 Å². The zero-order valence-corrected chi connectivity index (χ0v) is 13.9. The van der Waals surface area contributed by atoms with Gasteiger partial charge < -0.3 is 9.42 Å². The number of piperazine rings is 1. The van der Waals surface area contributed by atoms with Gasteiger partial charge in [0.05, 0.1) is 5.56 Å². The fourth-order valence-corrected chi connectivity index (χ4v) is 3.09. The van der Waals surface area contributed by atoms with E-state index < -0.39 is 0 Å². The number of anilines is 1. The van der Waals surface area contributed by atoms with E-state index in [4.69, 9.17) is 4.52 Å². The molecule has 1 aliphatic carbocycles. The summed E-state index contributed by atoms with van der Waals surface area (Å²) in [5, 5.41) is 13.5. The summed E-state index contributed by atoms with van der Waals surface area (Å²) in [7, 11) is 2.07. The first-order valence-corrected chi connectivity index (χ1v) is 8.32. The monoisotopic (exact) mass is 324 g/mol. The highest BCUT2D eigenvalue weighted by molar-refractivity contribution is 5.54. The van der Waals surface area contributed by atoms with Gasteiger partial charge in [-0.05, 0) is 38.9 Å². The van der Waals surface area contributed by atoms with Crippen LogP contribution in [0.3, 0.4) is 0 Å². The van der Waals surface area contributed by atoms with Gasteiger partial charge in [-0.15, -0.1) is 0 Å². The van der Waals surface area contributed by atoms with Crippen LogP contribution in [-0.4, -0.2) is 46.7 Å². The van der Waals surface area contributed by atoms with Crippen molar-refractivity contribution in [2.75, 3.05) is 31.6 Å². The molecule has 2 aliphatic rings. The maximum atomic E-state index is 9.38. The zero-order chi connectivity index (χ0) is 16.7. The first-order chi connectivity index (χ1) is 11.7. The predicted octanol–water partition coefficient (Wildman–Crippen LogP) is 2.02. The Kier molecular flexibility index (Phi) is 3.69. The Bertz CT molecular complexity index is 791. The average molecular weight is 324 g/mol. The fraction of sp³-hybridized carbons (Fsp3) is 0.529. The number of rotatable bonds is 3. The third kappa shape index (κ3) is 2.74. The molecule has 7 nitrogen and oxygen atoms in total. The van der Waals surface area contributed by atoms with Crippen LogP contribution in [0.1, 0.15) is 47.8 Å². The average Bonchev–Trinajstić information content (AvgIpc) is 3.33. The summed E-state index contributed by atoms with van der Waals surface area (Å²) in [5.74, 6) is 2.73. The summed E-state index contributed by atoms with van der Waals surface area (Å²) in [6.07, 6.45) is 2.31. The smallest absolute Gasteiger partial charge is 0.245 e. The molecule has 2 fully saturated rings. The Morgan fingerprint density at radius 1 is 1.25 bits per heavy atom. The Morgan fingerprint density at radius 3 is 2.83 bits per heavy atom. The van der Waals surface area contributed by atoms with Crippen molar-refractivity contribution in [2.24, 2.45) is 0 Å². The van der Waals surface area contributed by atoms with E-state index in [1.165, 1.54) is 0 Å². The number of nitrogens with zero attached hydrogens (tertiary/aromatic N) is 6. The van der Waals surface area contributed by atoms with Gasteiger partial charge in [0.1, 0.15) is 17.9 Å². The molecule has 1 saturated carbocycles. The van der Waals surface area contributed by atoms with E-state index in [-0.39, 0.29) is 6.04 Å². The molecule has 0 bridgehead atoms. The number of pyridine rings is 1. The van der Waals surface area contributed by atoms with Crippen LogP contribution in [0.25, 0.3) is 0 Å². The van der Waals surface area contributed by atoms with Crippen molar-refractivity contribution in [3.63, 3.8) is 0 Å². The van der Waals surface area contributed by atoms with E-state index in [1.807, 2.05) is 19.1 Å². The van der Waals surface area contributed by atoms with E-state index in [0.717, 1.165) is 43.3 Å². The SMILES string of the molecule is Cc1ccc(C#N)c(N2CCN(C)C(c3nc(C4CC4)no3)C2)n1. The van der Waals surface area contributed by atoms with Gasteiger partial charge in [-0.2, -0.15) is 10.2 Å². The van der Waals surface area contributed by atoms with Crippen molar-refractivity contribution in [1.82, 2.24) is 20.0 Å². The Labute approximate surface area is 140 Å². The predicted molar refractivity (Wildman–Crippen MR) is 87.5 cm³/mol. The van der Waals surface area contributed by atoms with Crippen LogP contribution in [0, 0.1) is 18.3 Å². The summed E-state index contributed by atoms with van der Waals surface area (Å²) < 4.78 is 5.53. The Hall–Kier alpha value is -2.46. The van der Waals surface area contributed by atoms with Crippen molar-refractivity contribution < 1.29 is 4.52 Å². The van der Waals surface area contributed by atoms with E-state index in [2.05, 4.69) is 38.0 Å². The number of hydrogen-bond acceptors (Lipinski definition) is 7. The molecule has 1 atom stereocenters. The molecule has 1 unspecified atom stereocenters. The van der Waals surface area contributed by atoms with E-state index in [9.17, 15) is 5.26 Å². The normalized spacial score (nSPS) is 21.7. The van der Waals surface area contributed by atoms with Crippen LogP contribution < -0.4 is 4.90 Å². The highest BCUT2D eigenvalue weighted by atomic mass is 16.5. The van der Waals surface area contributed by atoms with E-state index >= 15 is 0 Å². The zero-order valence-electron chi connectivity index (χ0n) is 13.9. The van der Waals surface area contributed by atoms with Gasteiger partial charge in [-0.25, -0.2) is 4.98 Å². The molecule has 124 valence electrons. The summed E-state index contributed by atoms with van der Waals surface area (Å²) in [6.45, 7) is 4.31. The Balaban J connectivity index is 1.60. The molecule has 0 amide bonds. The van der Waals surface area contributed by atoms with Crippen LogP contribution in [0.15, 0.2) is 16.7 Å². The molecule has 1 aliphatic heterocycles. The first kappa shape index (κ1) is 15.1. The van der Waals surface area contributed by atoms with Crippen molar-refractivity contribution in [3.8, 4) is 6.07 Å². The van der Waals surface area contributed by atoms with Crippen molar-refractivity contribution in [2.45, 2.75) is 31.7 Å². The van der Waals surface area contributed by atoms with Gasteiger partial charge >= 0.3 is 0 Å². The summed E-state index contributed by atoms with van der Waals surface area (Å²) >= 11 is 0. The highest BCUT2D eigenvalue weighted by Gasteiger charge is 2.34. The molecule has 24 heavy (non-hydrogen) atoms. The molecule has 0 aromatic carbocycles. The molecule has 7 heteroatoms. The quantitative estimate of drug-likeness (QED) is 0.854. The highest BCUT2D eigenvalue weighted by Crippen LogP contribution is 2.39. The molecule has 0 radical (unpaired) electrons. The van der Waals surface area contributed by atoms with Gasteiger partial charge in [0.15, 0.2) is 5.82 Å². The van der Waals surface area contributed by atoms with Gasteiger partial charge in [0.25, 0.3) is 0 Å². The topological polar surface area (TPSA) is 82.1 Å². The summed E-state index contributed by atoms with van der Waals surface area (Å²) in [5.41, 5.74) is 1.52. The van der Waals surface area contributed by atoms with E-state index in [0.29, 0.717) is 23.9 Å². The lowest BCUT2D eigenvalue weighted by Crippen LogP contribution is -2.47.